The molecule has 0 aliphatic heterocycles. The van der Waals surface area contributed by atoms with E-state index in [-0.39, 0.29) is 0 Å². The van der Waals surface area contributed by atoms with Crippen molar-refractivity contribution in [1.82, 2.24) is 0 Å². The van der Waals surface area contributed by atoms with Crippen LogP contribution in [0.25, 0.3) is 6.08 Å². The van der Waals surface area contributed by atoms with Gasteiger partial charge in [0.15, 0.2) is 0 Å². The summed E-state index contributed by atoms with van der Waals surface area (Å²) in [4.78, 5) is 0.994. The quantitative estimate of drug-likeness (QED) is 0.333. The third-order valence-corrected chi connectivity index (χ3v) is 3.60. The first-order valence-corrected chi connectivity index (χ1v) is 8.45. The van der Waals surface area contributed by atoms with Gasteiger partial charge in [-0.15, -0.1) is 12.6 Å². The minimum absolute atomic E-state index is 0.609. The van der Waals surface area contributed by atoms with Crippen molar-refractivity contribution >= 4 is 41.5 Å². The lowest BCUT2D eigenvalue weighted by Gasteiger charge is -1.99. The van der Waals surface area contributed by atoms with Gasteiger partial charge in [-0.2, -0.15) is 0 Å². The molecule has 0 unspecified atom stereocenters. The number of anilines is 4. The van der Waals surface area contributed by atoms with Crippen LogP contribution >= 0.6 is 12.6 Å². The summed E-state index contributed by atoms with van der Waals surface area (Å²) >= 11 is 4.14. The zero-order chi connectivity index (χ0) is 19.4. The second kappa shape index (κ2) is 11.5. The molecule has 0 radical (unpaired) electrons. The average molecular weight is 367 g/mol. The Morgan fingerprint density at radius 2 is 1.46 bits per heavy atom. The molecule has 4 nitrogen and oxygen atoms in total. The molecule has 0 saturated carbocycles. The molecule has 0 aliphatic rings. The molecular formula is C21H26N4S. The summed E-state index contributed by atoms with van der Waals surface area (Å²) in [6.07, 6.45) is 1.73. The molecule has 3 aromatic carbocycles. The van der Waals surface area contributed by atoms with Gasteiger partial charge in [-0.1, -0.05) is 36.9 Å². The second-order valence-electron chi connectivity index (χ2n) is 5.30. The van der Waals surface area contributed by atoms with E-state index < -0.39 is 0 Å². The zero-order valence-electron chi connectivity index (χ0n) is 14.9. The van der Waals surface area contributed by atoms with Crippen LogP contribution in [-0.4, -0.2) is 7.05 Å². The number of hydrogen-bond acceptors (Lipinski definition) is 5. The van der Waals surface area contributed by atoms with Crippen molar-refractivity contribution in [1.29, 1.82) is 0 Å². The Labute approximate surface area is 161 Å². The molecule has 5 heteroatoms. The Morgan fingerprint density at radius 3 is 1.88 bits per heavy atom. The van der Waals surface area contributed by atoms with Gasteiger partial charge < -0.3 is 22.5 Å². The van der Waals surface area contributed by atoms with E-state index in [1.165, 1.54) is 0 Å². The number of nitrogens with two attached hydrogens (primary N) is 3. The zero-order valence-corrected chi connectivity index (χ0v) is 15.8. The van der Waals surface area contributed by atoms with Crippen LogP contribution in [0.2, 0.25) is 0 Å². The van der Waals surface area contributed by atoms with Gasteiger partial charge >= 0.3 is 0 Å². The van der Waals surface area contributed by atoms with Crippen molar-refractivity contribution < 1.29 is 0 Å². The van der Waals surface area contributed by atoms with Crippen LogP contribution in [0.5, 0.6) is 0 Å². The van der Waals surface area contributed by atoms with Crippen LogP contribution in [-0.2, 0) is 0 Å². The van der Waals surface area contributed by atoms with Crippen molar-refractivity contribution in [2.45, 2.75) is 4.90 Å². The summed E-state index contributed by atoms with van der Waals surface area (Å²) in [6, 6.07) is 22.8. The summed E-state index contributed by atoms with van der Waals surface area (Å²) < 4.78 is 0. The smallest absolute Gasteiger partial charge is 0.0553 e. The predicted octanol–water partition coefficient (Wildman–Crippen LogP) is 4.78. The molecule has 0 atom stereocenters. The van der Waals surface area contributed by atoms with E-state index in [2.05, 4.69) is 24.5 Å². The number of rotatable bonds is 2. The second-order valence-corrected chi connectivity index (χ2v) is 5.82. The summed E-state index contributed by atoms with van der Waals surface area (Å²) in [5.41, 5.74) is 20.5. The Balaban J connectivity index is 0.000000198. The number of nitrogen functional groups attached to an aromatic ring is 3. The Hall–Kier alpha value is -3.05. The van der Waals surface area contributed by atoms with Crippen LogP contribution in [0.1, 0.15) is 5.56 Å². The van der Waals surface area contributed by atoms with Crippen LogP contribution in [0.15, 0.2) is 84.3 Å². The number of nitrogens with one attached hydrogen (secondary N) is 1. The largest absolute Gasteiger partial charge is 0.399 e. The van der Waals surface area contributed by atoms with Gasteiger partial charge in [0.2, 0.25) is 0 Å². The fraction of sp³-hybridized carbons (Fsp3) is 0.0476. The molecule has 26 heavy (non-hydrogen) atoms. The fourth-order valence-corrected chi connectivity index (χ4v) is 1.95. The number of thiol groups is 1. The number of para-hydroxylation sites is 1. The first-order chi connectivity index (χ1) is 12.5. The Morgan fingerprint density at radius 1 is 0.846 bits per heavy atom. The Bertz CT molecular complexity index is 787. The van der Waals surface area contributed by atoms with Gasteiger partial charge in [0.05, 0.1) is 11.4 Å². The van der Waals surface area contributed by atoms with Gasteiger partial charge in [0, 0.05) is 23.3 Å². The molecule has 0 fully saturated rings. The molecule has 0 aromatic heterocycles. The lowest BCUT2D eigenvalue weighted by molar-refractivity contribution is 1.43. The molecule has 0 spiro atoms. The highest BCUT2D eigenvalue weighted by Gasteiger charge is 1.92. The fourth-order valence-electron chi connectivity index (χ4n) is 1.80. The molecule has 7 N–H and O–H groups in total. The third-order valence-electron chi connectivity index (χ3n) is 3.30. The van der Waals surface area contributed by atoms with Crippen LogP contribution < -0.4 is 22.5 Å². The number of benzene rings is 3. The van der Waals surface area contributed by atoms with E-state index in [9.17, 15) is 0 Å². The maximum atomic E-state index is 5.52. The molecule has 3 aromatic rings. The molecule has 0 bridgehead atoms. The van der Waals surface area contributed by atoms with Gasteiger partial charge in [0.25, 0.3) is 0 Å². The minimum Gasteiger partial charge on any atom is -0.399 e. The van der Waals surface area contributed by atoms with E-state index in [0.29, 0.717) is 11.4 Å². The van der Waals surface area contributed by atoms with E-state index in [1.807, 2.05) is 67.7 Å². The van der Waals surface area contributed by atoms with Gasteiger partial charge in [-0.25, -0.2) is 0 Å². The van der Waals surface area contributed by atoms with Crippen LogP contribution in [0.4, 0.5) is 22.7 Å². The van der Waals surface area contributed by atoms with Crippen molar-refractivity contribution in [2.24, 2.45) is 0 Å². The van der Waals surface area contributed by atoms with E-state index >= 15 is 0 Å². The molecule has 0 saturated heterocycles. The van der Waals surface area contributed by atoms with Crippen LogP contribution in [0, 0.1) is 0 Å². The maximum absolute atomic E-state index is 5.52. The topological polar surface area (TPSA) is 90.1 Å². The lowest BCUT2D eigenvalue weighted by Crippen LogP contribution is -1.93. The minimum atomic E-state index is 0.609. The standard InChI is InChI=1S/C8H10N2.C7H9NS.C6H7N/c1-2-6-3-4-7(9)8(10)5-6;1-8-6-2-4-7(9)5-3-6;7-6-4-2-1-3-5-6/h2-5H,1,9-10H2;2-5,8-9H,1H3;1-5H,7H2. The van der Waals surface area contributed by atoms with E-state index in [4.69, 9.17) is 17.2 Å². The summed E-state index contributed by atoms with van der Waals surface area (Å²) in [7, 11) is 1.90. The molecule has 0 aliphatic carbocycles. The monoisotopic (exact) mass is 366 g/mol. The SMILES string of the molecule is C=Cc1ccc(N)c(N)c1.CNc1ccc(S)cc1.Nc1ccccc1. The molecule has 0 heterocycles. The Kier molecular flexibility index (Phi) is 9.28. The first-order valence-electron chi connectivity index (χ1n) is 8.01. The summed E-state index contributed by atoms with van der Waals surface area (Å²) in [5.74, 6) is 0. The lowest BCUT2D eigenvalue weighted by atomic mass is 10.2. The van der Waals surface area contributed by atoms with E-state index in [1.54, 1.807) is 18.2 Å². The number of hydrogen-bond donors (Lipinski definition) is 5. The van der Waals surface area contributed by atoms with Crippen molar-refractivity contribution in [2.75, 3.05) is 29.6 Å². The first kappa shape index (κ1) is 21.0. The predicted molar refractivity (Wildman–Crippen MR) is 119 cm³/mol. The highest BCUT2D eigenvalue weighted by molar-refractivity contribution is 7.80. The van der Waals surface area contributed by atoms with Crippen molar-refractivity contribution in [3.8, 4) is 0 Å². The van der Waals surface area contributed by atoms with Crippen molar-refractivity contribution in [3.63, 3.8) is 0 Å². The normalized spacial score (nSPS) is 9.00. The van der Waals surface area contributed by atoms with E-state index in [0.717, 1.165) is 21.8 Å². The molecule has 3 rings (SSSR count). The highest BCUT2D eigenvalue weighted by atomic mass is 32.1. The van der Waals surface area contributed by atoms with Crippen LogP contribution in [0.3, 0.4) is 0 Å². The van der Waals surface area contributed by atoms with Gasteiger partial charge in [-0.05, 0) is 54.1 Å². The average Bonchev–Trinajstić information content (AvgIpc) is 2.66. The maximum Gasteiger partial charge on any atom is 0.0553 e. The van der Waals surface area contributed by atoms with Crippen molar-refractivity contribution in [3.05, 3.63) is 84.9 Å². The highest BCUT2D eigenvalue weighted by Crippen LogP contribution is 2.16. The van der Waals surface area contributed by atoms with Gasteiger partial charge in [0.1, 0.15) is 0 Å². The summed E-state index contributed by atoms with van der Waals surface area (Å²) in [6.45, 7) is 3.61. The molecular weight excluding hydrogens is 340 g/mol. The summed E-state index contributed by atoms with van der Waals surface area (Å²) in [5, 5.41) is 3.02. The van der Waals surface area contributed by atoms with Gasteiger partial charge in [-0.3, -0.25) is 0 Å². The third kappa shape index (κ3) is 8.17. The molecule has 136 valence electrons. The molecule has 0 amide bonds.